The second-order valence-electron chi connectivity index (χ2n) is 4.34. The third-order valence-corrected chi connectivity index (χ3v) is 3.75. The Labute approximate surface area is 94.0 Å². The molecule has 2 atom stereocenters. The van der Waals surface area contributed by atoms with Crippen LogP contribution in [-0.2, 0) is 4.79 Å². The van der Waals surface area contributed by atoms with E-state index in [-0.39, 0.29) is 23.5 Å². The van der Waals surface area contributed by atoms with Gasteiger partial charge in [-0.15, -0.1) is 11.8 Å². The second-order valence-corrected chi connectivity index (χ2v) is 5.33. The van der Waals surface area contributed by atoms with Gasteiger partial charge in [0.15, 0.2) is 0 Å². The molecule has 1 aliphatic carbocycles. The van der Waals surface area contributed by atoms with Crippen LogP contribution in [0.5, 0.6) is 0 Å². The largest absolute Gasteiger partial charge is 0.392 e. The molecule has 0 bridgehead atoms. The van der Waals surface area contributed by atoms with Gasteiger partial charge in [-0.1, -0.05) is 13.8 Å². The van der Waals surface area contributed by atoms with Crippen LogP contribution < -0.4 is 5.32 Å². The van der Waals surface area contributed by atoms with Crippen LogP contribution in [-0.4, -0.2) is 34.7 Å². The molecular weight excluding hydrogens is 212 g/mol. The Morgan fingerprint density at radius 2 is 2.40 bits per heavy atom. The molecule has 84 valence electrons. The zero-order chi connectivity index (χ0) is 11.5. The third-order valence-electron chi connectivity index (χ3n) is 2.95. The number of nitriles is 1. The number of thioether (sulfide) groups is 1. The van der Waals surface area contributed by atoms with Crippen molar-refractivity contribution in [3.63, 3.8) is 0 Å². The summed E-state index contributed by atoms with van der Waals surface area (Å²) in [6, 6.07) is 2.03. The van der Waals surface area contributed by atoms with Gasteiger partial charge in [-0.05, 0) is 6.42 Å². The normalized spacial score (nSPS) is 27.6. The number of rotatable bonds is 4. The molecule has 0 spiro atoms. The van der Waals surface area contributed by atoms with Gasteiger partial charge in [0, 0.05) is 11.5 Å². The Hall–Kier alpha value is -0.730. The van der Waals surface area contributed by atoms with Gasteiger partial charge in [0.2, 0.25) is 5.91 Å². The van der Waals surface area contributed by atoms with Crippen LogP contribution in [0.2, 0.25) is 0 Å². The van der Waals surface area contributed by atoms with Crippen molar-refractivity contribution in [1.29, 1.82) is 5.26 Å². The number of nitrogens with one attached hydrogen (secondary N) is 1. The zero-order valence-electron chi connectivity index (χ0n) is 8.99. The highest BCUT2D eigenvalue weighted by Crippen LogP contribution is 2.40. The minimum Gasteiger partial charge on any atom is -0.392 e. The van der Waals surface area contributed by atoms with E-state index >= 15 is 0 Å². The van der Waals surface area contributed by atoms with Gasteiger partial charge in [-0.3, -0.25) is 4.79 Å². The summed E-state index contributed by atoms with van der Waals surface area (Å²) >= 11 is 1.30. The molecule has 0 aromatic rings. The number of nitrogens with zero attached hydrogens (tertiary/aromatic N) is 1. The maximum absolute atomic E-state index is 11.4. The molecule has 1 rings (SSSR count). The Bertz CT molecular complexity index is 286. The number of hydrogen-bond donors (Lipinski definition) is 2. The lowest BCUT2D eigenvalue weighted by molar-refractivity contribution is -0.126. The first-order valence-electron chi connectivity index (χ1n) is 4.90. The standard InChI is InChI=1S/C10H16N2O2S/c1-10(2)7(5-8(10)13)12-9(14)6-15-4-3-11/h7-8,13H,4-6H2,1-2H3,(H,12,14). The molecular formula is C10H16N2O2S. The molecule has 1 amide bonds. The van der Waals surface area contributed by atoms with E-state index in [4.69, 9.17) is 5.26 Å². The number of aliphatic hydroxyl groups excluding tert-OH is 1. The van der Waals surface area contributed by atoms with Crippen LogP contribution in [0.4, 0.5) is 0 Å². The van der Waals surface area contributed by atoms with Crippen molar-refractivity contribution in [3.05, 3.63) is 0 Å². The van der Waals surface area contributed by atoms with E-state index in [1.54, 1.807) is 0 Å². The SMILES string of the molecule is CC1(C)C(O)CC1NC(=O)CSCC#N. The van der Waals surface area contributed by atoms with Crippen LogP contribution in [0.3, 0.4) is 0 Å². The molecule has 15 heavy (non-hydrogen) atoms. The van der Waals surface area contributed by atoms with Crippen LogP contribution in [0.25, 0.3) is 0 Å². The fourth-order valence-corrected chi connectivity index (χ4v) is 2.03. The molecule has 1 saturated carbocycles. The molecule has 2 N–H and O–H groups in total. The number of hydrogen-bond acceptors (Lipinski definition) is 4. The summed E-state index contributed by atoms with van der Waals surface area (Å²) in [4.78, 5) is 11.4. The number of amides is 1. The molecule has 0 radical (unpaired) electrons. The summed E-state index contributed by atoms with van der Waals surface area (Å²) < 4.78 is 0. The first-order chi connectivity index (χ1) is 6.98. The lowest BCUT2D eigenvalue weighted by Crippen LogP contribution is -2.61. The molecule has 0 heterocycles. The van der Waals surface area contributed by atoms with Crippen LogP contribution in [0.1, 0.15) is 20.3 Å². The first kappa shape index (κ1) is 12.3. The molecule has 0 saturated heterocycles. The van der Waals surface area contributed by atoms with Crippen LogP contribution >= 0.6 is 11.8 Å². The lowest BCUT2D eigenvalue weighted by atomic mass is 9.64. The van der Waals surface area contributed by atoms with Gasteiger partial charge < -0.3 is 10.4 Å². The van der Waals surface area contributed by atoms with E-state index < -0.39 is 0 Å². The Kier molecular flexibility index (Phi) is 4.00. The van der Waals surface area contributed by atoms with Gasteiger partial charge in [0.05, 0.1) is 23.7 Å². The fraction of sp³-hybridized carbons (Fsp3) is 0.800. The summed E-state index contributed by atoms with van der Waals surface area (Å²) in [7, 11) is 0. The Morgan fingerprint density at radius 3 is 2.87 bits per heavy atom. The molecule has 0 aliphatic heterocycles. The van der Waals surface area contributed by atoms with E-state index in [2.05, 4.69) is 5.32 Å². The third kappa shape index (κ3) is 2.86. The molecule has 0 aromatic carbocycles. The quantitative estimate of drug-likeness (QED) is 0.688. The highest BCUT2D eigenvalue weighted by atomic mass is 32.2. The van der Waals surface area contributed by atoms with Crippen molar-refractivity contribution in [1.82, 2.24) is 5.32 Å². The van der Waals surface area contributed by atoms with Gasteiger partial charge in [-0.25, -0.2) is 0 Å². The monoisotopic (exact) mass is 228 g/mol. The molecule has 1 aliphatic rings. The smallest absolute Gasteiger partial charge is 0.230 e. The lowest BCUT2D eigenvalue weighted by Gasteiger charge is -2.49. The summed E-state index contributed by atoms with van der Waals surface area (Å²) in [5, 5.41) is 20.6. The molecule has 4 nitrogen and oxygen atoms in total. The molecule has 5 heteroatoms. The van der Waals surface area contributed by atoms with Crippen molar-refractivity contribution in [2.75, 3.05) is 11.5 Å². The van der Waals surface area contributed by atoms with E-state index in [0.29, 0.717) is 17.9 Å². The Balaban J connectivity index is 2.26. The van der Waals surface area contributed by atoms with Crippen molar-refractivity contribution in [2.24, 2.45) is 5.41 Å². The Morgan fingerprint density at radius 1 is 1.73 bits per heavy atom. The molecule has 0 aromatic heterocycles. The van der Waals surface area contributed by atoms with E-state index in [9.17, 15) is 9.90 Å². The number of carbonyl (C=O) groups excluding carboxylic acids is 1. The van der Waals surface area contributed by atoms with E-state index in [0.717, 1.165) is 0 Å². The van der Waals surface area contributed by atoms with Crippen molar-refractivity contribution in [2.45, 2.75) is 32.4 Å². The van der Waals surface area contributed by atoms with Gasteiger partial charge in [0.1, 0.15) is 0 Å². The highest BCUT2D eigenvalue weighted by molar-refractivity contribution is 8.00. The minimum atomic E-state index is -0.324. The number of aliphatic hydroxyl groups is 1. The fourth-order valence-electron chi connectivity index (χ4n) is 1.57. The van der Waals surface area contributed by atoms with Crippen molar-refractivity contribution >= 4 is 17.7 Å². The summed E-state index contributed by atoms with van der Waals surface area (Å²) in [6.07, 6.45) is 0.302. The van der Waals surface area contributed by atoms with Crippen LogP contribution in [0.15, 0.2) is 0 Å². The first-order valence-corrected chi connectivity index (χ1v) is 6.06. The van der Waals surface area contributed by atoms with Crippen molar-refractivity contribution < 1.29 is 9.90 Å². The van der Waals surface area contributed by atoms with E-state index in [1.807, 2.05) is 19.9 Å². The average Bonchev–Trinajstić information content (AvgIpc) is 2.18. The summed E-state index contributed by atoms with van der Waals surface area (Å²) in [5.74, 6) is 0.598. The minimum absolute atomic E-state index is 0.0553. The maximum atomic E-state index is 11.4. The summed E-state index contributed by atoms with van der Waals surface area (Å²) in [6.45, 7) is 3.88. The van der Waals surface area contributed by atoms with E-state index in [1.165, 1.54) is 11.8 Å². The molecule has 2 unspecified atom stereocenters. The average molecular weight is 228 g/mol. The zero-order valence-corrected chi connectivity index (χ0v) is 9.80. The van der Waals surface area contributed by atoms with Gasteiger partial charge in [0.25, 0.3) is 0 Å². The van der Waals surface area contributed by atoms with Gasteiger partial charge in [-0.2, -0.15) is 5.26 Å². The highest BCUT2D eigenvalue weighted by Gasteiger charge is 2.47. The second kappa shape index (κ2) is 4.86. The van der Waals surface area contributed by atoms with Crippen molar-refractivity contribution in [3.8, 4) is 6.07 Å². The molecule has 1 fully saturated rings. The number of carbonyl (C=O) groups is 1. The predicted octanol–water partition coefficient (Wildman–Crippen LogP) is 0.519. The predicted molar refractivity (Wildman–Crippen MR) is 59.3 cm³/mol. The summed E-state index contributed by atoms with van der Waals surface area (Å²) in [5.41, 5.74) is -0.227. The topological polar surface area (TPSA) is 73.1 Å². The van der Waals surface area contributed by atoms with Gasteiger partial charge >= 0.3 is 0 Å². The van der Waals surface area contributed by atoms with Crippen LogP contribution in [0, 0.1) is 16.7 Å². The maximum Gasteiger partial charge on any atom is 0.230 e.